The molecule has 1 unspecified atom stereocenters. The van der Waals surface area contributed by atoms with Gasteiger partial charge in [-0.05, 0) is 43.0 Å². The molecule has 2 aromatic carbocycles. The summed E-state index contributed by atoms with van der Waals surface area (Å²) in [6.45, 7) is 15.1. The number of benzene rings is 2. The quantitative estimate of drug-likeness (QED) is 0.212. The summed E-state index contributed by atoms with van der Waals surface area (Å²) in [7, 11) is 0. The molecule has 5 nitrogen and oxygen atoms in total. The van der Waals surface area contributed by atoms with Crippen molar-refractivity contribution in [1.82, 2.24) is 20.2 Å². The highest BCUT2D eigenvalue weighted by atomic mass is 15.2. The van der Waals surface area contributed by atoms with E-state index in [0.717, 1.165) is 42.0 Å². The Bertz CT molecular complexity index is 1300. The fraction of sp³-hybridized carbons (Fsp3) is 0.314. The van der Waals surface area contributed by atoms with Gasteiger partial charge in [0.05, 0.1) is 23.1 Å². The van der Waals surface area contributed by atoms with Crippen LogP contribution in [0.4, 0.5) is 5.95 Å². The monoisotopic (exact) mass is 535 g/mol. The first-order valence-electron chi connectivity index (χ1n) is 14.4. The molecule has 0 saturated heterocycles. The van der Waals surface area contributed by atoms with Crippen molar-refractivity contribution in [3.63, 3.8) is 0 Å². The number of anilines is 1. The maximum atomic E-state index is 5.78. The fourth-order valence-corrected chi connectivity index (χ4v) is 4.26. The van der Waals surface area contributed by atoms with Gasteiger partial charge in [0.2, 0.25) is 5.95 Å². The van der Waals surface area contributed by atoms with Crippen LogP contribution in [0.2, 0.25) is 0 Å². The Morgan fingerprint density at radius 1 is 1.00 bits per heavy atom. The van der Waals surface area contributed by atoms with Gasteiger partial charge >= 0.3 is 0 Å². The molecule has 1 aromatic heterocycles. The van der Waals surface area contributed by atoms with E-state index in [1.54, 1.807) is 6.20 Å². The van der Waals surface area contributed by atoms with Crippen molar-refractivity contribution in [3.8, 4) is 12.5 Å². The molecule has 0 bridgehead atoms. The lowest BCUT2D eigenvalue weighted by Crippen LogP contribution is -2.24. The highest BCUT2D eigenvalue weighted by Crippen LogP contribution is 2.30. The van der Waals surface area contributed by atoms with Crippen molar-refractivity contribution >= 4 is 17.3 Å². The second-order valence-corrected chi connectivity index (χ2v) is 8.74. The van der Waals surface area contributed by atoms with Crippen LogP contribution in [0.3, 0.4) is 0 Å². The summed E-state index contributed by atoms with van der Waals surface area (Å²) >= 11 is 0. The molecule has 2 heterocycles. The molecule has 1 aliphatic heterocycles. The Balaban J connectivity index is 0.00000134. The average Bonchev–Trinajstić information content (AvgIpc) is 3.03. The summed E-state index contributed by atoms with van der Waals surface area (Å²) in [4.78, 5) is 11.7. The Morgan fingerprint density at radius 3 is 2.27 bits per heavy atom. The normalized spacial score (nSPS) is 13.2. The van der Waals surface area contributed by atoms with Crippen LogP contribution in [0.1, 0.15) is 82.8 Å². The molecular formula is C35H45N5. The van der Waals surface area contributed by atoms with Gasteiger partial charge in [0, 0.05) is 30.5 Å². The molecule has 1 aliphatic rings. The zero-order valence-electron chi connectivity index (χ0n) is 25.2. The summed E-state index contributed by atoms with van der Waals surface area (Å²) in [5.74, 6) is 0.579. The maximum absolute atomic E-state index is 5.78. The first-order valence-corrected chi connectivity index (χ1v) is 14.4. The summed E-state index contributed by atoms with van der Waals surface area (Å²) in [5, 5.41) is 6.69. The molecule has 0 amide bonds. The molecule has 0 radical (unpaired) electrons. The number of nitrogens with one attached hydrogen (secondary N) is 2. The van der Waals surface area contributed by atoms with Gasteiger partial charge < -0.3 is 15.5 Å². The third kappa shape index (κ3) is 8.61. The fourth-order valence-electron chi connectivity index (χ4n) is 4.26. The number of aryl methyl sites for hydroxylation is 1. The number of terminal acetylenes is 1. The standard InChI is InChI=1S/C31H33N5.2C2H6/c1-5-24-18-21-36(22-19-24)30(29(32-7-3)26-15-13-23(4)14-16-26)28-17-20-33-31(35-28)34-27(6-2)25-11-9-8-10-12-25;2*1-2/h3,8-21,27,32H,5-6,22H2,1-2,4H3,(H,33,34,35);2*1-2H3/b30-29-;;. The van der Waals surface area contributed by atoms with E-state index in [0.29, 0.717) is 5.95 Å². The van der Waals surface area contributed by atoms with Gasteiger partial charge in [-0.25, -0.2) is 9.97 Å². The van der Waals surface area contributed by atoms with Crippen molar-refractivity contribution in [2.75, 3.05) is 11.9 Å². The molecule has 0 saturated carbocycles. The second kappa shape index (κ2) is 17.3. The predicted molar refractivity (Wildman–Crippen MR) is 172 cm³/mol. The lowest BCUT2D eigenvalue weighted by Gasteiger charge is -2.28. The number of allylic oxidation sites excluding steroid dienone is 2. The van der Waals surface area contributed by atoms with Crippen molar-refractivity contribution in [2.24, 2.45) is 0 Å². The van der Waals surface area contributed by atoms with Gasteiger partial charge in [-0.3, -0.25) is 0 Å². The Morgan fingerprint density at radius 2 is 1.70 bits per heavy atom. The third-order valence-electron chi connectivity index (χ3n) is 6.30. The van der Waals surface area contributed by atoms with Crippen LogP contribution in [0.5, 0.6) is 0 Å². The minimum atomic E-state index is 0.110. The van der Waals surface area contributed by atoms with Crippen molar-refractivity contribution < 1.29 is 0 Å². The van der Waals surface area contributed by atoms with E-state index in [1.807, 2.05) is 39.8 Å². The van der Waals surface area contributed by atoms with Gasteiger partial charge in [-0.15, -0.1) is 0 Å². The van der Waals surface area contributed by atoms with Crippen molar-refractivity contribution in [2.45, 2.75) is 67.3 Å². The molecule has 1 atom stereocenters. The van der Waals surface area contributed by atoms with Crippen LogP contribution < -0.4 is 10.6 Å². The van der Waals surface area contributed by atoms with E-state index in [-0.39, 0.29) is 6.04 Å². The van der Waals surface area contributed by atoms with Crippen LogP contribution >= 0.6 is 0 Å². The largest absolute Gasteiger partial charge is 0.347 e. The van der Waals surface area contributed by atoms with Crippen LogP contribution in [-0.2, 0) is 0 Å². The van der Waals surface area contributed by atoms with Crippen LogP contribution in [0.15, 0.2) is 90.8 Å². The molecule has 40 heavy (non-hydrogen) atoms. The predicted octanol–water partition coefficient (Wildman–Crippen LogP) is 8.57. The molecule has 0 aliphatic carbocycles. The van der Waals surface area contributed by atoms with E-state index in [4.69, 9.17) is 11.4 Å². The number of hydrogen-bond donors (Lipinski definition) is 2. The van der Waals surface area contributed by atoms with E-state index < -0.39 is 0 Å². The van der Waals surface area contributed by atoms with Crippen molar-refractivity contribution in [3.05, 3.63) is 113 Å². The first kappa shape index (κ1) is 31.9. The van der Waals surface area contributed by atoms with E-state index in [1.165, 1.54) is 16.7 Å². The summed E-state index contributed by atoms with van der Waals surface area (Å²) < 4.78 is 0. The Hall–Kier alpha value is -4.30. The molecule has 2 N–H and O–H groups in total. The molecule has 4 rings (SSSR count). The smallest absolute Gasteiger partial charge is 0.223 e. The second-order valence-electron chi connectivity index (χ2n) is 8.74. The zero-order chi connectivity index (χ0) is 29.3. The average molecular weight is 536 g/mol. The number of rotatable bonds is 9. The summed E-state index contributed by atoms with van der Waals surface area (Å²) in [6.07, 6.45) is 16.0. The molecule has 3 aromatic rings. The minimum Gasteiger partial charge on any atom is -0.347 e. The number of aromatic nitrogens is 2. The molecule has 0 spiro atoms. The third-order valence-corrected chi connectivity index (χ3v) is 6.30. The van der Waals surface area contributed by atoms with Crippen LogP contribution in [0.25, 0.3) is 11.4 Å². The van der Waals surface area contributed by atoms with Crippen LogP contribution in [0, 0.1) is 19.4 Å². The molecule has 210 valence electrons. The van der Waals surface area contributed by atoms with Gasteiger partial charge in [0.25, 0.3) is 0 Å². The highest BCUT2D eigenvalue weighted by molar-refractivity contribution is 5.89. The lowest BCUT2D eigenvalue weighted by molar-refractivity contribution is 0.578. The van der Waals surface area contributed by atoms with Gasteiger partial charge in [-0.1, -0.05) is 114 Å². The minimum absolute atomic E-state index is 0.110. The number of hydrogen-bond acceptors (Lipinski definition) is 5. The molecule has 5 heteroatoms. The Labute approximate surface area is 242 Å². The summed E-state index contributed by atoms with van der Waals surface area (Å²) in [6, 6.07) is 23.4. The van der Waals surface area contributed by atoms with E-state index >= 15 is 0 Å². The van der Waals surface area contributed by atoms with Crippen LogP contribution in [-0.4, -0.2) is 21.4 Å². The Kier molecular flexibility index (Phi) is 13.8. The topological polar surface area (TPSA) is 53.1 Å². The van der Waals surface area contributed by atoms with Gasteiger partial charge in [0.15, 0.2) is 0 Å². The number of nitrogens with zero attached hydrogens (tertiary/aromatic N) is 3. The zero-order valence-corrected chi connectivity index (χ0v) is 25.2. The summed E-state index contributed by atoms with van der Waals surface area (Å²) in [5.41, 5.74) is 7.21. The van der Waals surface area contributed by atoms with Gasteiger partial charge in [0.1, 0.15) is 0 Å². The highest BCUT2D eigenvalue weighted by Gasteiger charge is 2.21. The SMILES string of the molecule is C#CN/C(=C(/c1ccnc(NC(CC)c2ccccc2)n1)N1C=CC(CC)=CC1)c1ccc(C)cc1.CC.CC. The maximum Gasteiger partial charge on any atom is 0.223 e. The molecule has 0 fully saturated rings. The van der Waals surface area contributed by atoms with E-state index in [2.05, 4.69) is 114 Å². The lowest BCUT2D eigenvalue weighted by atomic mass is 10.0. The van der Waals surface area contributed by atoms with Gasteiger partial charge in [-0.2, -0.15) is 0 Å². The first-order chi connectivity index (χ1) is 19.6. The molecular weight excluding hydrogens is 490 g/mol. The van der Waals surface area contributed by atoms with Crippen molar-refractivity contribution in [1.29, 1.82) is 0 Å². The van der Waals surface area contributed by atoms with E-state index in [9.17, 15) is 0 Å².